The highest BCUT2D eigenvalue weighted by atomic mass is 32.2. The third-order valence-corrected chi connectivity index (χ3v) is 5.91. The fourth-order valence-corrected chi connectivity index (χ4v) is 4.51. The molecular weight excluding hydrogens is 392 g/mol. The molecule has 2 aromatic carbocycles. The van der Waals surface area contributed by atoms with Gasteiger partial charge >= 0.3 is 12.0 Å². The second kappa shape index (κ2) is 8.65. The van der Waals surface area contributed by atoms with Crippen molar-refractivity contribution in [1.29, 1.82) is 0 Å². The van der Waals surface area contributed by atoms with E-state index in [0.29, 0.717) is 37.6 Å². The van der Waals surface area contributed by atoms with Gasteiger partial charge in [-0.15, -0.1) is 11.8 Å². The van der Waals surface area contributed by atoms with Crippen molar-refractivity contribution in [2.75, 3.05) is 37.4 Å². The van der Waals surface area contributed by atoms with Crippen molar-refractivity contribution in [2.45, 2.75) is 12.3 Å². The van der Waals surface area contributed by atoms with Crippen LogP contribution in [0.15, 0.2) is 42.5 Å². The molecule has 152 valence electrons. The molecule has 2 aliphatic rings. The number of ether oxygens (including phenoxy) is 3. The van der Waals surface area contributed by atoms with Gasteiger partial charge < -0.3 is 24.4 Å². The lowest BCUT2D eigenvalue weighted by atomic mass is 10.1. The molecule has 2 amide bonds. The SMILES string of the molecule is CCOC(=O)c1ccc(NC(=O)N2CCS[C@H]2c2ccc3c(c2)OCCO3)cc1. The molecule has 1 saturated heterocycles. The number of urea groups is 1. The minimum absolute atomic E-state index is 0.0929. The van der Waals surface area contributed by atoms with E-state index < -0.39 is 0 Å². The maximum absolute atomic E-state index is 12.9. The minimum Gasteiger partial charge on any atom is -0.486 e. The number of hydrogen-bond acceptors (Lipinski definition) is 6. The normalized spacial score (nSPS) is 17.7. The number of rotatable bonds is 4. The number of carbonyl (C=O) groups excluding carboxylic acids is 2. The summed E-state index contributed by atoms with van der Waals surface area (Å²) in [5.41, 5.74) is 2.08. The zero-order valence-electron chi connectivity index (χ0n) is 16.1. The summed E-state index contributed by atoms with van der Waals surface area (Å²) in [6.07, 6.45) is 0. The van der Waals surface area contributed by atoms with Gasteiger partial charge in [0.25, 0.3) is 0 Å². The van der Waals surface area contributed by atoms with Crippen molar-refractivity contribution in [3.63, 3.8) is 0 Å². The third kappa shape index (κ3) is 4.27. The summed E-state index contributed by atoms with van der Waals surface area (Å²) < 4.78 is 16.2. The van der Waals surface area contributed by atoms with Gasteiger partial charge in [0.15, 0.2) is 11.5 Å². The quantitative estimate of drug-likeness (QED) is 0.765. The molecule has 0 bridgehead atoms. The van der Waals surface area contributed by atoms with Gasteiger partial charge in [0.2, 0.25) is 0 Å². The summed E-state index contributed by atoms with van der Waals surface area (Å²) in [6.45, 7) is 3.81. The molecule has 0 aromatic heterocycles. The van der Waals surface area contributed by atoms with Gasteiger partial charge in [-0.25, -0.2) is 9.59 Å². The summed E-state index contributed by atoms with van der Waals surface area (Å²) in [4.78, 5) is 26.4. The first-order valence-corrected chi connectivity index (χ1v) is 10.6. The van der Waals surface area contributed by atoms with Crippen molar-refractivity contribution in [2.24, 2.45) is 0 Å². The van der Waals surface area contributed by atoms with E-state index in [1.54, 1.807) is 47.9 Å². The van der Waals surface area contributed by atoms with Crippen LogP contribution in [0.2, 0.25) is 0 Å². The molecular formula is C21H22N2O5S. The fraction of sp³-hybridized carbons (Fsp3) is 0.333. The Morgan fingerprint density at radius 3 is 2.66 bits per heavy atom. The van der Waals surface area contributed by atoms with Crippen molar-refractivity contribution in [1.82, 2.24) is 4.90 Å². The van der Waals surface area contributed by atoms with Gasteiger partial charge in [0.1, 0.15) is 18.6 Å². The van der Waals surface area contributed by atoms with Gasteiger partial charge in [-0.3, -0.25) is 0 Å². The van der Waals surface area contributed by atoms with E-state index in [0.717, 1.165) is 22.8 Å². The maximum atomic E-state index is 12.9. The van der Waals surface area contributed by atoms with Crippen molar-refractivity contribution < 1.29 is 23.8 Å². The second-order valence-electron chi connectivity index (χ2n) is 6.55. The number of amides is 2. The molecule has 2 heterocycles. The number of anilines is 1. The first-order valence-electron chi connectivity index (χ1n) is 9.51. The number of esters is 1. The van der Waals surface area contributed by atoms with Crippen LogP contribution < -0.4 is 14.8 Å². The standard InChI is InChI=1S/C21H22N2O5S/c1-2-26-20(24)14-3-6-16(7-4-14)22-21(25)23-9-12-29-19(23)15-5-8-17-18(13-15)28-11-10-27-17/h3-8,13,19H,2,9-12H2,1H3,(H,22,25)/t19-/m0/s1. The molecule has 0 radical (unpaired) electrons. The van der Waals surface area contributed by atoms with Crippen molar-refractivity contribution in [3.8, 4) is 11.5 Å². The number of hydrogen-bond donors (Lipinski definition) is 1. The van der Waals surface area contributed by atoms with Gasteiger partial charge in [0.05, 0.1) is 12.2 Å². The first kappa shape index (κ1) is 19.4. The van der Waals surface area contributed by atoms with E-state index >= 15 is 0 Å². The van der Waals surface area contributed by atoms with E-state index in [1.807, 2.05) is 18.2 Å². The van der Waals surface area contributed by atoms with Crippen LogP contribution in [0.1, 0.15) is 28.2 Å². The highest BCUT2D eigenvalue weighted by Gasteiger charge is 2.31. The summed E-state index contributed by atoms with van der Waals surface area (Å²) in [5, 5.41) is 2.82. The Bertz CT molecular complexity index is 902. The molecule has 1 atom stereocenters. The van der Waals surface area contributed by atoms with Crippen LogP contribution in [0, 0.1) is 0 Å². The molecule has 4 rings (SSSR count). The Balaban J connectivity index is 1.45. The van der Waals surface area contributed by atoms with Crippen LogP contribution in [0.25, 0.3) is 0 Å². The van der Waals surface area contributed by atoms with Gasteiger partial charge in [-0.05, 0) is 48.9 Å². The monoisotopic (exact) mass is 414 g/mol. The first-order chi connectivity index (χ1) is 14.2. The van der Waals surface area contributed by atoms with Crippen LogP contribution >= 0.6 is 11.8 Å². The lowest BCUT2D eigenvalue weighted by Gasteiger charge is -2.26. The average Bonchev–Trinajstić information content (AvgIpc) is 3.24. The second-order valence-corrected chi connectivity index (χ2v) is 7.74. The van der Waals surface area contributed by atoms with E-state index in [9.17, 15) is 9.59 Å². The van der Waals surface area contributed by atoms with Crippen LogP contribution in [0.5, 0.6) is 11.5 Å². The largest absolute Gasteiger partial charge is 0.486 e. The van der Waals surface area contributed by atoms with E-state index in [-0.39, 0.29) is 17.4 Å². The summed E-state index contributed by atoms with van der Waals surface area (Å²) in [7, 11) is 0. The fourth-order valence-electron chi connectivity index (χ4n) is 3.27. The Morgan fingerprint density at radius 2 is 1.90 bits per heavy atom. The van der Waals surface area contributed by atoms with E-state index in [1.165, 1.54) is 0 Å². The Labute approximate surface area is 173 Å². The van der Waals surface area contributed by atoms with Crippen molar-refractivity contribution >= 4 is 29.4 Å². The summed E-state index contributed by atoms with van der Waals surface area (Å²) >= 11 is 1.71. The third-order valence-electron chi connectivity index (χ3n) is 4.65. The van der Waals surface area contributed by atoms with Crippen LogP contribution in [0.4, 0.5) is 10.5 Å². The molecule has 0 unspecified atom stereocenters. The van der Waals surface area contributed by atoms with Crippen molar-refractivity contribution in [3.05, 3.63) is 53.6 Å². The number of carbonyl (C=O) groups is 2. The van der Waals surface area contributed by atoms with Crippen LogP contribution in [0.3, 0.4) is 0 Å². The maximum Gasteiger partial charge on any atom is 0.338 e. The van der Waals surface area contributed by atoms with Crippen LogP contribution in [-0.2, 0) is 4.74 Å². The molecule has 0 saturated carbocycles. The summed E-state index contributed by atoms with van der Waals surface area (Å²) in [6, 6.07) is 12.3. The van der Waals surface area contributed by atoms with Crippen LogP contribution in [-0.4, -0.2) is 49.0 Å². The molecule has 2 aliphatic heterocycles. The Morgan fingerprint density at radius 1 is 1.14 bits per heavy atom. The zero-order valence-corrected chi connectivity index (χ0v) is 16.9. The molecule has 29 heavy (non-hydrogen) atoms. The number of thioether (sulfide) groups is 1. The predicted molar refractivity (Wildman–Crippen MR) is 111 cm³/mol. The predicted octanol–water partition coefficient (Wildman–Crippen LogP) is 3.91. The van der Waals surface area contributed by atoms with E-state index in [4.69, 9.17) is 14.2 Å². The van der Waals surface area contributed by atoms with Gasteiger partial charge in [-0.1, -0.05) is 6.07 Å². The minimum atomic E-state index is -0.375. The number of nitrogens with zero attached hydrogens (tertiary/aromatic N) is 1. The number of fused-ring (bicyclic) bond motifs is 1. The Hall–Kier alpha value is -2.87. The number of benzene rings is 2. The highest BCUT2D eigenvalue weighted by Crippen LogP contribution is 2.41. The zero-order chi connectivity index (χ0) is 20.2. The van der Waals surface area contributed by atoms with E-state index in [2.05, 4.69) is 5.32 Å². The number of nitrogens with one attached hydrogen (secondary N) is 1. The lowest BCUT2D eigenvalue weighted by molar-refractivity contribution is 0.0526. The molecule has 1 fully saturated rings. The smallest absolute Gasteiger partial charge is 0.338 e. The molecule has 7 nitrogen and oxygen atoms in total. The molecule has 0 aliphatic carbocycles. The molecule has 1 N–H and O–H groups in total. The topological polar surface area (TPSA) is 77.1 Å². The Kier molecular flexibility index (Phi) is 5.80. The molecule has 0 spiro atoms. The van der Waals surface area contributed by atoms with Gasteiger partial charge in [0, 0.05) is 18.0 Å². The molecule has 8 heteroatoms. The molecule has 2 aromatic rings. The average molecular weight is 414 g/mol. The van der Waals surface area contributed by atoms with Gasteiger partial charge in [-0.2, -0.15) is 0 Å². The highest BCUT2D eigenvalue weighted by molar-refractivity contribution is 7.99. The lowest BCUT2D eigenvalue weighted by Crippen LogP contribution is -2.34. The summed E-state index contributed by atoms with van der Waals surface area (Å²) in [5.74, 6) is 1.94.